The molecule has 3 aromatic carbocycles. The molecule has 0 aliphatic rings. The Kier molecular flexibility index (Phi) is 16.0. The predicted octanol–water partition coefficient (Wildman–Crippen LogP) is 8.61. The van der Waals surface area contributed by atoms with Crippen molar-refractivity contribution in [2.24, 2.45) is 0 Å². The highest BCUT2D eigenvalue weighted by Gasteiger charge is 2.08. The first kappa shape index (κ1) is 35.1. The van der Waals surface area contributed by atoms with Crippen LogP contribution in [0.4, 0.5) is 4.39 Å². The fraction of sp³-hybridized carbons (Fsp3) is 0.368. The van der Waals surface area contributed by atoms with Crippen molar-refractivity contribution in [3.63, 3.8) is 0 Å². The molecular formula is C38H45FO6. The summed E-state index contributed by atoms with van der Waals surface area (Å²) < 4.78 is 36.6. The zero-order valence-electron chi connectivity index (χ0n) is 26.1. The van der Waals surface area contributed by atoms with Gasteiger partial charge in [0.2, 0.25) is 0 Å². The van der Waals surface area contributed by atoms with E-state index in [2.05, 4.69) is 25.3 Å². The van der Waals surface area contributed by atoms with Gasteiger partial charge in [0.05, 0.1) is 26.4 Å². The van der Waals surface area contributed by atoms with Crippen LogP contribution in [0.2, 0.25) is 0 Å². The maximum atomic E-state index is 15.0. The molecule has 0 atom stereocenters. The average Bonchev–Trinajstić information content (AvgIpc) is 3.06. The Morgan fingerprint density at radius 2 is 1.02 bits per heavy atom. The van der Waals surface area contributed by atoms with Crippen LogP contribution in [-0.2, 0) is 31.9 Å². The van der Waals surface area contributed by atoms with Gasteiger partial charge in [0.1, 0.15) is 17.3 Å². The van der Waals surface area contributed by atoms with Gasteiger partial charge in [0, 0.05) is 17.7 Å². The summed E-state index contributed by atoms with van der Waals surface area (Å²) in [6.45, 7) is 8.84. The Balaban J connectivity index is 1.32. The standard InChI is InChI=1S/C38H45FO6/c1-3-37(40)44-27-11-7-5-9-25-42-33-20-15-30(16-21-33)13-14-31-17-24-35(36(39)29-31)32-18-22-34(23-19-32)43-26-10-6-8-12-28-45-38(41)4-2/h3-4,15-24,29H,1-2,5-14,25-28H2. The van der Waals surface area contributed by atoms with Crippen molar-refractivity contribution in [3.8, 4) is 22.6 Å². The number of ether oxygens (including phenoxy) is 4. The maximum Gasteiger partial charge on any atom is 0.330 e. The molecule has 0 aromatic heterocycles. The summed E-state index contributed by atoms with van der Waals surface area (Å²) in [6, 6.07) is 21.0. The SMILES string of the molecule is C=CC(=O)OCCCCCCOc1ccc(CCc2ccc(-c3ccc(OCCCCCCOC(=O)C=C)cc3)c(F)c2)cc1. The monoisotopic (exact) mass is 616 g/mol. The molecule has 0 fully saturated rings. The van der Waals surface area contributed by atoms with Gasteiger partial charge >= 0.3 is 11.9 Å². The highest BCUT2D eigenvalue weighted by atomic mass is 19.1. The first-order chi connectivity index (χ1) is 22.0. The lowest BCUT2D eigenvalue weighted by molar-refractivity contribution is -0.138. The number of benzene rings is 3. The fourth-order valence-corrected chi connectivity index (χ4v) is 4.68. The fourth-order valence-electron chi connectivity index (χ4n) is 4.68. The number of hydrogen-bond acceptors (Lipinski definition) is 6. The van der Waals surface area contributed by atoms with Crippen molar-refractivity contribution in [2.75, 3.05) is 26.4 Å². The number of carbonyl (C=O) groups excluding carboxylic acids is 2. The molecule has 0 aliphatic carbocycles. The van der Waals surface area contributed by atoms with Crippen molar-refractivity contribution in [1.82, 2.24) is 0 Å². The number of carbonyl (C=O) groups is 2. The summed E-state index contributed by atoms with van der Waals surface area (Å²) in [7, 11) is 0. The zero-order valence-corrected chi connectivity index (χ0v) is 26.1. The molecular weight excluding hydrogens is 571 g/mol. The molecule has 0 heterocycles. The first-order valence-electron chi connectivity index (χ1n) is 15.8. The molecule has 0 N–H and O–H groups in total. The number of halogens is 1. The number of rotatable bonds is 22. The Bertz CT molecular complexity index is 1330. The molecule has 6 nitrogen and oxygen atoms in total. The van der Waals surface area contributed by atoms with E-state index in [4.69, 9.17) is 18.9 Å². The maximum absolute atomic E-state index is 15.0. The quantitative estimate of drug-likeness (QED) is 0.0640. The lowest BCUT2D eigenvalue weighted by Gasteiger charge is -2.10. The number of esters is 2. The van der Waals surface area contributed by atoms with E-state index in [1.807, 2.05) is 48.5 Å². The smallest absolute Gasteiger partial charge is 0.330 e. The largest absolute Gasteiger partial charge is 0.494 e. The lowest BCUT2D eigenvalue weighted by atomic mass is 9.99. The van der Waals surface area contributed by atoms with Gasteiger partial charge in [0.15, 0.2) is 0 Å². The van der Waals surface area contributed by atoms with Crippen LogP contribution in [-0.4, -0.2) is 38.4 Å². The number of unbranched alkanes of at least 4 members (excludes halogenated alkanes) is 6. The van der Waals surface area contributed by atoms with Gasteiger partial charge in [-0.25, -0.2) is 14.0 Å². The Morgan fingerprint density at radius 3 is 1.51 bits per heavy atom. The Hall–Kier alpha value is -4.39. The van der Waals surface area contributed by atoms with E-state index >= 15 is 4.39 Å². The van der Waals surface area contributed by atoms with E-state index in [1.165, 1.54) is 17.7 Å². The van der Waals surface area contributed by atoms with Crippen LogP contribution in [0.1, 0.15) is 62.5 Å². The van der Waals surface area contributed by atoms with Gasteiger partial charge in [-0.2, -0.15) is 0 Å². The Morgan fingerprint density at radius 1 is 0.578 bits per heavy atom. The van der Waals surface area contributed by atoms with Crippen molar-refractivity contribution in [2.45, 2.75) is 64.2 Å². The summed E-state index contributed by atoms with van der Waals surface area (Å²) >= 11 is 0. The highest BCUT2D eigenvalue weighted by molar-refractivity contribution is 5.81. The zero-order chi connectivity index (χ0) is 32.1. The summed E-state index contributed by atoms with van der Waals surface area (Å²) in [5.74, 6) is 0.602. The van der Waals surface area contributed by atoms with Crippen LogP contribution in [0.5, 0.6) is 11.5 Å². The topological polar surface area (TPSA) is 71.1 Å². The molecule has 0 saturated heterocycles. The molecule has 0 unspecified atom stereocenters. The van der Waals surface area contributed by atoms with Gasteiger partial charge < -0.3 is 18.9 Å². The van der Waals surface area contributed by atoms with E-state index in [0.29, 0.717) is 32.0 Å². The van der Waals surface area contributed by atoms with Gasteiger partial charge in [-0.15, -0.1) is 0 Å². The molecule has 0 bridgehead atoms. The van der Waals surface area contributed by atoms with Crippen molar-refractivity contribution < 1.29 is 32.9 Å². The van der Waals surface area contributed by atoms with Gasteiger partial charge in [-0.1, -0.05) is 49.6 Å². The number of hydrogen-bond donors (Lipinski definition) is 0. The van der Waals surface area contributed by atoms with Crippen LogP contribution < -0.4 is 9.47 Å². The summed E-state index contributed by atoms with van der Waals surface area (Å²) in [5.41, 5.74) is 3.50. The molecule has 0 radical (unpaired) electrons. The van der Waals surface area contributed by atoms with Crippen LogP contribution >= 0.6 is 0 Å². The van der Waals surface area contributed by atoms with Crippen molar-refractivity contribution in [3.05, 3.63) is 109 Å². The van der Waals surface area contributed by atoms with Crippen LogP contribution in [0.15, 0.2) is 92.0 Å². The van der Waals surface area contributed by atoms with E-state index in [9.17, 15) is 9.59 Å². The van der Waals surface area contributed by atoms with Gasteiger partial charge in [-0.3, -0.25) is 0 Å². The van der Waals surface area contributed by atoms with Crippen molar-refractivity contribution >= 4 is 11.9 Å². The molecule has 3 rings (SSSR count). The summed E-state index contributed by atoms with van der Waals surface area (Å²) in [6.07, 6.45) is 11.4. The summed E-state index contributed by atoms with van der Waals surface area (Å²) in [5, 5.41) is 0. The lowest BCUT2D eigenvalue weighted by Crippen LogP contribution is -2.02. The third-order valence-corrected chi connectivity index (χ3v) is 7.26. The molecule has 45 heavy (non-hydrogen) atoms. The first-order valence-corrected chi connectivity index (χ1v) is 15.8. The minimum atomic E-state index is -0.384. The normalized spacial score (nSPS) is 10.6. The average molecular weight is 617 g/mol. The molecule has 0 saturated carbocycles. The van der Waals surface area contributed by atoms with Crippen LogP contribution in [0.25, 0.3) is 11.1 Å². The third-order valence-electron chi connectivity index (χ3n) is 7.26. The molecule has 0 aliphatic heterocycles. The molecule has 240 valence electrons. The summed E-state index contributed by atoms with van der Waals surface area (Å²) in [4.78, 5) is 22.0. The van der Waals surface area contributed by atoms with Gasteiger partial charge in [-0.05, 0) is 111 Å². The molecule has 7 heteroatoms. The van der Waals surface area contributed by atoms with Crippen LogP contribution in [0, 0.1) is 5.82 Å². The Labute approximate surface area is 266 Å². The minimum absolute atomic E-state index is 0.235. The third kappa shape index (κ3) is 13.8. The van der Waals surface area contributed by atoms with Gasteiger partial charge in [0.25, 0.3) is 0 Å². The van der Waals surface area contributed by atoms with E-state index in [1.54, 1.807) is 6.07 Å². The second-order valence-electron chi connectivity index (χ2n) is 10.8. The molecule has 0 spiro atoms. The molecule has 3 aromatic rings. The molecule has 0 amide bonds. The number of aryl methyl sites for hydroxylation is 2. The van der Waals surface area contributed by atoms with E-state index in [-0.39, 0.29) is 17.8 Å². The van der Waals surface area contributed by atoms with E-state index < -0.39 is 0 Å². The second-order valence-corrected chi connectivity index (χ2v) is 10.8. The second kappa shape index (κ2) is 20.5. The highest BCUT2D eigenvalue weighted by Crippen LogP contribution is 2.26. The predicted molar refractivity (Wildman–Crippen MR) is 176 cm³/mol. The van der Waals surface area contributed by atoms with Crippen molar-refractivity contribution in [1.29, 1.82) is 0 Å². The van der Waals surface area contributed by atoms with E-state index in [0.717, 1.165) is 86.8 Å². The van der Waals surface area contributed by atoms with Crippen LogP contribution in [0.3, 0.4) is 0 Å². The minimum Gasteiger partial charge on any atom is -0.494 e.